The van der Waals surface area contributed by atoms with Crippen molar-refractivity contribution in [2.45, 2.75) is 30.9 Å². The van der Waals surface area contributed by atoms with Gasteiger partial charge in [0.2, 0.25) is 5.60 Å². The van der Waals surface area contributed by atoms with E-state index in [1.54, 1.807) is 0 Å². The smallest absolute Gasteiger partial charge is 0.352 e. The van der Waals surface area contributed by atoms with Crippen LogP contribution < -0.4 is 11.1 Å². The Kier molecular flexibility index (Phi) is 8.00. The summed E-state index contributed by atoms with van der Waals surface area (Å²) in [5, 5.41) is 45.9. The summed E-state index contributed by atoms with van der Waals surface area (Å²) >= 11 is 5.01. The zero-order valence-electron chi connectivity index (χ0n) is 22.9. The lowest BCUT2D eigenvalue weighted by Crippen LogP contribution is -2.71. The van der Waals surface area contributed by atoms with Gasteiger partial charge in [-0.05, 0) is 41.4 Å². The van der Waals surface area contributed by atoms with Crippen LogP contribution in [0.3, 0.4) is 0 Å². The Hall–Kier alpha value is -4.69. The largest absolute Gasteiger partial charge is 0.504 e. The van der Waals surface area contributed by atoms with Crippen molar-refractivity contribution in [2.24, 2.45) is 5.16 Å². The highest BCUT2D eigenvalue weighted by Gasteiger charge is 2.55. The van der Waals surface area contributed by atoms with Crippen LogP contribution in [0.25, 0.3) is 0 Å². The van der Waals surface area contributed by atoms with Crippen molar-refractivity contribution in [3.63, 3.8) is 0 Å². The van der Waals surface area contributed by atoms with E-state index < -0.39 is 82.0 Å². The quantitative estimate of drug-likeness (QED) is 0.0677. The van der Waals surface area contributed by atoms with Crippen LogP contribution in [-0.2, 0) is 24.0 Å². The molecule has 4 heterocycles. The van der Waals surface area contributed by atoms with Crippen LogP contribution in [-0.4, -0.2) is 106 Å². The molecule has 3 aliphatic heterocycles. The molecule has 1 saturated heterocycles. The fourth-order valence-electron chi connectivity index (χ4n) is 4.53. The number of phenolic OH excluding ortho intramolecular Hbond substituents is 2. The second-order valence-corrected chi connectivity index (χ2v) is 13.0. The van der Waals surface area contributed by atoms with Crippen LogP contribution in [0.5, 0.6) is 11.5 Å². The number of carboxylic acid groups (broad SMARTS) is 2. The number of nitrogens with one attached hydrogen (secondary N) is 1. The first-order valence-electron chi connectivity index (χ1n) is 12.6. The molecule has 2 aromatic rings. The zero-order valence-corrected chi connectivity index (χ0v) is 26.1. The molecule has 1 fully saturated rings. The number of imide groups is 1. The van der Waals surface area contributed by atoms with Gasteiger partial charge in [-0.2, -0.15) is 0 Å². The minimum absolute atomic E-state index is 0.0467. The van der Waals surface area contributed by atoms with Crippen molar-refractivity contribution in [2.75, 3.05) is 18.0 Å². The number of nitrogen functional groups attached to an aromatic ring is 1. The number of phenols is 2. The Morgan fingerprint density at radius 1 is 1.22 bits per heavy atom. The van der Waals surface area contributed by atoms with Gasteiger partial charge in [0.15, 0.2) is 22.3 Å². The normalized spacial score (nSPS) is 19.7. The van der Waals surface area contributed by atoms with Crippen LogP contribution in [0.4, 0.5) is 5.13 Å². The first-order chi connectivity index (χ1) is 21.0. The number of benzene rings is 1. The lowest BCUT2D eigenvalue weighted by atomic mass is 10.0. The summed E-state index contributed by atoms with van der Waals surface area (Å²) in [6.45, 7) is 1.88. The number of aromatic nitrogens is 1. The number of rotatable bonds is 9. The van der Waals surface area contributed by atoms with E-state index in [0.29, 0.717) is 0 Å². The van der Waals surface area contributed by atoms with E-state index in [0.717, 1.165) is 39.0 Å². The molecule has 2 atom stereocenters. The maximum absolute atomic E-state index is 13.3. The van der Waals surface area contributed by atoms with E-state index in [-0.39, 0.29) is 37.8 Å². The van der Waals surface area contributed by atoms with E-state index in [2.05, 4.69) is 31.4 Å². The summed E-state index contributed by atoms with van der Waals surface area (Å²) < 4.78 is -0.208. The van der Waals surface area contributed by atoms with Gasteiger partial charge in [-0.15, -0.1) is 23.1 Å². The van der Waals surface area contributed by atoms with Crippen LogP contribution >= 0.6 is 39.0 Å². The maximum atomic E-state index is 13.3. The number of fused-ring (bicyclic) bond motifs is 2. The summed E-state index contributed by atoms with van der Waals surface area (Å²) in [7, 11) is 0. The van der Waals surface area contributed by atoms with Crippen molar-refractivity contribution in [3.8, 4) is 11.5 Å². The number of thiazole rings is 1. The van der Waals surface area contributed by atoms with Crippen molar-refractivity contribution in [1.82, 2.24) is 20.1 Å². The molecule has 0 unspecified atom stereocenters. The van der Waals surface area contributed by atoms with Gasteiger partial charge in [0.25, 0.3) is 23.6 Å². The monoisotopic (exact) mass is 724 g/mol. The fourth-order valence-corrected chi connectivity index (χ4v) is 6.99. The van der Waals surface area contributed by atoms with Crippen molar-refractivity contribution in [1.29, 1.82) is 0 Å². The standard InChI is InChI=1S/C25H21BrN6O11S2/c1-25(2,23(41)42)43-30-13(9-6-45-24(27)28-9)17(35)29-14-20(38)32-15(22(39)40)7(5-44-21(14)32)4-31-18(36)8-3-10(33)16(34)12(26)11(8)19(31)37/h3,6,14,21,33-34H,4-5H2,1-2H3,(H2,27,28)(H,29,35)(H,39,40)(H,41,42)/b30-13-/t14-,21-/m1/s1. The SMILES string of the molecule is CC(C)(O/N=C(\C(=O)N[C@@H]1C(=O)N2C(C(=O)O)=C(CN3C(=O)c4cc(O)c(O)c(Br)c4C3=O)CS[C@H]12)c1csc(N)n1)C(=O)O. The van der Waals surface area contributed by atoms with Gasteiger partial charge in [-0.1, -0.05) is 5.16 Å². The molecule has 0 radical (unpaired) electrons. The van der Waals surface area contributed by atoms with E-state index >= 15 is 0 Å². The molecule has 7 N–H and O–H groups in total. The molecule has 0 spiro atoms. The number of nitrogens with zero attached hydrogens (tertiary/aromatic N) is 4. The van der Waals surface area contributed by atoms with Gasteiger partial charge in [-0.25, -0.2) is 14.6 Å². The summed E-state index contributed by atoms with van der Waals surface area (Å²) in [6, 6.07) is -0.320. The second kappa shape index (κ2) is 11.3. The minimum Gasteiger partial charge on any atom is -0.504 e. The van der Waals surface area contributed by atoms with E-state index in [4.69, 9.17) is 10.6 Å². The number of nitrogens with two attached hydrogens (primary N) is 1. The highest BCUT2D eigenvalue weighted by atomic mass is 79.9. The molecule has 4 amide bonds. The Morgan fingerprint density at radius 2 is 1.91 bits per heavy atom. The van der Waals surface area contributed by atoms with Crippen molar-refractivity contribution in [3.05, 3.63) is 44.0 Å². The van der Waals surface area contributed by atoms with E-state index in [1.165, 1.54) is 19.2 Å². The molecule has 0 bridgehead atoms. The highest BCUT2D eigenvalue weighted by molar-refractivity contribution is 9.10. The molecule has 0 saturated carbocycles. The Morgan fingerprint density at radius 3 is 2.51 bits per heavy atom. The topological polar surface area (TPSA) is 262 Å². The first-order valence-corrected chi connectivity index (χ1v) is 15.3. The van der Waals surface area contributed by atoms with E-state index in [9.17, 15) is 49.2 Å². The second-order valence-electron chi connectivity index (χ2n) is 10.2. The number of carbonyl (C=O) groups is 6. The molecule has 236 valence electrons. The summed E-state index contributed by atoms with van der Waals surface area (Å²) in [6.07, 6.45) is 0. The van der Waals surface area contributed by atoms with Crippen LogP contribution in [0.2, 0.25) is 0 Å². The molecule has 3 aliphatic rings. The molecule has 45 heavy (non-hydrogen) atoms. The minimum atomic E-state index is -1.83. The number of aromatic hydroxyl groups is 2. The number of hydrogen-bond donors (Lipinski definition) is 6. The predicted molar refractivity (Wildman–Crippen MR) is 158 cm³/mol. The fraction of sp³-hybridized carbons (Fsp3) is 0.280. The number of oxime groups is 1. The number of anilines is 1. The molecule has 17 nitrogen and oxygen atoms in total. The third kappa shape index (κ3) is 5.33. The number of β-lactam (4-membered cyclic amide) rings is 1. The van der Waals surface area contributed by atoms with Crippen LogP contribution in [0.15, 0.2) is 32.3 Å². The zero-order chi connectivity index (χ0) is 33.1. The number of hydrogen-bond acceptors (Lipinski definition) is 14. The van der Waals surface area contributed by atoms with Crippen molar-refractivity contribution >= 4 is 85.4 Å². The number of halogens is 1. The lowest BCUT2D eigenvalue weighted by Gasteiger charge is -2.49. The van der Waals surface area contributed by atoms with Crippen molar-refractivity contribution < 1.29 is 54.0 Å². The molecule has 1 aromatic carbocycles. The molecular formula is C25H21BrN6O11S2. The lowest BCUT2D eigenvalue weighted by molar-refractivity contribution is -0.161. The van der Waals surface area contributed by atoms with Crippen LogP contribution in [0, 0.1) is 0 Å². The summed E-state index contributed by atoms with van der Waals surface area (Å²) in [4.78, 5) is 87.1. The van der Waals surface area contributed by atoms with E-state index in [1.807, 2.05) is 0 Å². The van der Waals surface area contributed by atoms with Gasteiger partial charge in [0.1, 0.15) is 22.8 Å². The number of aliphatic carboxylic acids is 2. The average Bonchev–Trinajstić information content (AvgIpc) is 3.50. The Labute approximate surface area is 268 Å². The molecular weight excluding hydrogens is 704 g/mol. The van der Waals surface area contributed by atoms with Gasteiger partial charge in [-0.3, -0.25) is 29.0 Å². The van der Waals surface area contributed by atoms with Gasteiger partial charge >= 0.3 is 11.9 Å². The third-order valence-corrected chi connectivity index (χ3v) is 9.69. The Balaban J connectivity index is 1.38. The first kappa shape index (κ1) is 31.7. The highest BCUT2D eigenvalue weighted by Crippen LogP contribution is 2.44. The number of carbonyl (C=O) groups excluding carboxylic acids is 4. The molecule has 5 rings (SSSR count). The number of amides is 4. The third-order valence-electron chi connectivity index (χ3n) is 6.90. The van der Waals surface area contributed by atoms with Gasteiger partial charge < -0.3 is 36.3 Å². The summed E-state index contributed by atoms with van der Waals surface area (Å²) in [5.74, 6) is -7.76. The summed E-state index contributed by atoms with van der Waals surface area (Å²) in [5.41, 5.74) is 2.44. The average molecular weight is 726 g/mol. The van der Waals surface area contributed by atoms with Gasteiger partial charge in [0, 0.05) is 11.1 Å². The predicted octanol–water partition coefficient (Wildman–Crippen LogP) is 0.518. The maximum Gasteiger partial charge on any atom is 0.352 e. The number of thioether (sulfide) groups is 1. The molecule has 20 heteroatoms. The Bertz CT molecular complexity index is 1790. The number of carboxylic acids is 2. The molecule has 1 aromatic heterocycles. The van der Waals surface area contributed by atoms with Gasteiger partial charge in [0.05, 0.1) is 22.1 Å². The van der Waals surface area contributed by atoms with Crippen LogP contribution in [0.1, 0.15) is 40.3 Å². The molecule has 0 aliphatic carbocycles.